The van der Waals surface area contributed by atoms with E-state index in [1.54, 1.807) is 11.8 Å². The minimum atomic E-state index is -0.369. The van der Waals surface area contributed by atoms with E-state index in [-0.39, 0.29) is 23.7 Å². The van der Waals surface area contributed by atoms with Crippen LogP contribution in [0.3, 0.4) is 0 Å². The average Bonchev–Trinajstić information content (AvgIpc) is 3.10. The number of carbonyl (C=O) groups is 3. The summed E-state index contributed by atoms with van der Waals surface area (Å²) >= 11 is 0. The van der Waals surface area contributed by atoms with E-state index < -0.39 is 0 Å². The largest absolute Gasteiger partial charge is 0.461 e. The van der Waals surface area contributed by atoms with Gasteiger partial charge < -0.3 is 19.9 Å². The molecule has 1 aromatic heterocycles. The van der Waals surface area contributed by atoms with E-state index in [1.807, 2.05) is 44.2 Å². The lowest BCUT2D eigenvalue weighted by Crippen LogP contribution is -2.45. The van der Waals surface area contributed by atoms with Gasteiger partial charge in [0.15, 0.2) is 0 Å². The highest BCUT2D eigenvalue weighted by molar-refractivity contribution is 5.90. The van der Waals surface area contributed by atoms with Gasteiger partial charge >= 0.3 is 5.97 Å². The molecular formula is C25H33N3O4. The van der Waals surface area contributed by atoms with Crippen molar-refractivity contribution < 1.29 is 19.1 Å². The van der Waals surface area contributed by atoms with E-state index in [4.69, 9.17) is 4.74 Å². The van der Waals surface area contributed by atoms with E-state index in [9.17, 15) is 14.4 Å². The number of hydrogen-bond acceptors (Lipinski definition) is 4. The topological polar surface area (TPSA) is 91.5 Å². The standard InChI is InChI=1S/C25H33N3O4/c1-4-32-25(31)23-17(2)21(18(3)27-23)12-13-22(29)28-14-8-11-20(16-28)24(30)26-15-19-9-6-5-7-10-19/h5-7,9-10,20,27H,4,8,11-16H2,1-3H3,(H,26,30)/t20-/m0/s1. The summed E-state index contributed by atoms with van der Waals surface area (Å²) in [6.07, 6.45) is 2.52. The highest BCUT2D eigenvalue weighted by Gasteiger charge is 2.28. The Bertz CT molecular complexity index is 952. The molecule has 0 aliphatic carbocycles. The van der Waals surface area contributed by atoms with E-state index in [0.29, 0.717) is 44.8 Å². The monoisotopic (exact) mass is 439 g/mol. The fourth-order valence-corrected chi connectivity index (χ4v) is 4.31. The Kier molecular flexibility index (Phi) is 8.09. The van der Waals surface area contributed by atoms with Crippen LogP contribution in [0.4, 0.5) is 0 Å². The van der Waals surface area contributed by atoms with Crippen molar-refractivity contribution in [3.05, 3.63) is 58.4 Å². The molecule has 32 heavy (non-hydrogen) atoms. The van der Waals surface area contributed by atoms with Crippen LogP contribution < -0.4 is 5.32 Å². The number of esters is 1. The first-order chi connectivity index (χ1) is 15.4. The van der Waals surface area contributed by atoms with Crippen LogP contribution in [0, 0.1) is 19.8 Å². The lowest BCUT2D eigenvalue weighted by Gasteiger charge is -2.32. The van der Waals surface area contributed by atoms with Crippen LogP contribution in [0.25, 0.3) is 0 Å². The number of aromatic nitrogens is 1. The number of ether oxygens (including phenoxy) is 1. The molecule has 1 saturated heterocycles. The number of carbonyl (C=O) groups excluding carboxylic acids is 3. The number of nitrogens with zero attached hydrogens (tertiary/aromatic N) is 1. The van der Waals surface area contributed by atoms with Gasteiger partial charge in [0.2, 0.25) is 11.8 Å². The Labute approximate surface area is 189 Å². The van der Waals surface area contributed by atoms with Crippen molar-refractivity contribution in [3.8, 4) is 0 Å². The summed E-state index contributed by atoms with van der Waals surface area (Å²) < 4.78 is 5.10. The summed E-state index contributed by atoms with van der Waals surface area (Å²) in [4.78, 5) is 42.5. The molecule has 7 nitrogen and oxygen atoms in total. The minimum absolute atomic E-state index is 0.00255. The molecule has 2 amide bonds. The van der Waals surface area contributed by atoms with Crippen LogP contribution in [0.2, 0.25) is 0 Å². The zero-order valence-corrected chi connectivity index (χ0v) is 19.2. The first-order valence-corrected chi connectivity index (χ1v) is 11.3. The van der Waals surface area contributed by atoms with Gasteiger partial charge in [-0.1, -0.05) is 30.3 Å². The molecule has 1 fully saturated rings. The van der Waals surface area contributed by atoms with Gasteiger partial charge in [-0.3, -0.25) is 9.59 Å². The lowest BCUT2D eigenvalue weighted by atomic mass is 9.96. The molecule has 2 aromatic rings. The first-order valence-electron chi connectivity index (χ1n) is 11.3. The SMILES string of the molecule is CCOC(=O)c1[nH]c(C)c(CCC(=O)N2CCC[C@H](C(=O)NCc3ccccc3)C2)c1C. The van der Waals surface area contributed by atoms with Crippen molar-refractivity contribution in [3.63, 3.8) is 0 Å². The maximum absolute atomic E-state index is 12.9. The van der Waals surface area contributed by atoms with Crippen LogP contribution in [-0.2, 0) is 27.3 Å². The fraction of sp³-hybridized carbons (Fsp3) is 0.480. The van der Waals surface area contributed by atoms with E-state index in [0.717, 1.165) is 35.2 Å². The van der Waals surface area contributed by atoms with Gasteiger partial charge in [-0.2, -0.15) is 0 Å². The molecular weight excluding hydrogens is 406 g/mol. The third kappa shape index (κ3) is 5.78. The zero-order chi connectivity index (χ0) is 23.1. The van der Waals surface area contributed by atoms with Crippen molar-refractivity contribution in [2.45, 2.75) is 53.0 Å². The fourth-order valence-electron chi connectivity index (χ4n) is 4.31. The summed E-state index contributed by atoms with van der Waals surface area (Å²) in [7, 11) is 0. The van der Waals surface area contributed by atoms with Gasteiger partial charge in [0.1, 0.15) is 5.69 Å². The predicted octanol–water partition coefficient (Wildman–Crippen LogP) is 3.30. The van der Waals surface area contributed by atoms with Crippen LogP contribution in [-0.4, -0.2) is 47.4 Å². The quantitative estimate of drug-likeness (QED) is 0.618. The van der Waals surface area contributed by atoms with Gasteiger partial charge in [-0.15, -0.1) is 0 Å². The highest BCUT2D eigenvalue weighted by atomic mass is 16.5. The number of benzene rings is 1. The predicted molar refractivity (Wildman–Crippen MR) is 122 cm³/mol. The molecule has 7 heteroatoms. The molecule has 0 spiro atoms. The highest BCUT2D eigenvalue weighted by Crippen LogP contribution is 2.22. The number of aromatic amines is 1. The third-order valence-electron chi connectivity index (χ3n) is 6.12. The summed E-state index contributed by atoms with van der Waals surface area (Å²) in [6.45, 7) is 7.51. The molecule has 172 valence electrons. The van der Waals surface area contributed by atoms with E-state index >= 15 is 0 Å². The number of amides is 2. The molecule has 2 N–H and O–H groups in total. The Balaban J connectivity index is 1.53. The molecule has 3 rings (SSSR count). The second-order valence-electron chi connectivity index (χ2n) is 8.33. The van der Waals surface area contributed by atoms with Gasteiger partial charge in [0.05, 0.1) is 12.5 Å². The molecule has 1 atom stereocenters. The van der Waals surface area contributed by atoms with E-state index in [2.05, 4.69) is 10.3 Å². The number of nitrogens with one attached hydrogen (secondary N) is 2. The van der Waals surface area contributed by atoms with Gasteiger partial charge in [0, 0.05) is 31.7 Å². The Morgan fingerprint density at radius 2 is 1.94 bits per heavy atom. The summed E-state index contributed by atoms with van der Waals surface area (Å²) in [6, 6.07) is 9.81. The van der Waals surface area contributed by atoms with Crippen LogP contribution in [0.5, 0.6) is 0 Å². The normalized spacial score (nSPS) is 16.0. The van der Waals surface area contributed by atoms with Gasteiger partial charge in [0.25, 0.3) is 0 Å². The van der Waals surface area contributed by atoms with Crippen LogP contribution in [0.15, 0.2) is 30.3 Å². The minimum Gasteiger partial charge on any atom is -0.461 e. The molecule has 1 aromatic carbocycles. The molecule has 1 aliphatic heterocycles. The molecule has 0 bridgehead atoms. The number of hydrogen-bond donors (Lipinski definition) is 2. The molecule has 0 radical (unpaired) electrons. The Hall–Kier alpha value is -3.09. The maximum atomic E-state index is 12.9. The Morgan fingerprint density at radius 3 is 2.66 bits per heavy atom. The number of rotatable bonds is 8. The van der Waals surface area contributed by atoms with E-state index in [1.165, 1.54) is 0 Å². The number of aryl methyl sites for hydroxylation is 1. The second-order valence-corrected chi connectivity index (χ2v) is 8.33. The molecule has 0 unspecified atom stereocenters. The van der Waals surface area contributed by atoms with Crippen molar-refractivity contribution in [1.82, 2.24) is 15.2 Å². The van der Waals surface area contributed by atoms with Crippen molar-refractivity contribution in [2.75, 3.05) is 19.7 Å². The second kappa shape index (κ2) is 11.0. The van der Waals surface area contributed by atoms with Gasteiger partial charge in [-0.05, 0) is 56.7 Å². The van der Waals surface area contributed by atoms with Crippen LogP contribution in [0.1, 0.15) is 59.1 Å². The lowest BCUT2D eigenvalue weighted by molar-refractivity contribution is -0.135. The first kappa shape index (κ1) is 23.6. The van der Waals surface area contributed by atoms with Crippen LogP contribution >= 0.6 is 0 Å². The summed E-state index contributed by atoms with van der Waals surface area (Å²) in [5, 5.41) is 3.00. The molecule has 1 aliphatic rings. The summed E-state index contributed by atoms with van der Waals surface area (Å²) in [5.41, 5.74) is 4.22. The number of likely N-dealkylation sites (tertiary alicyclic amines) is 1. The van der Waals surface area contributed by atoms with Crippen molar-refractivity contribution in [1.29, 1.82) is 0 Å². The van der Waals surface area contributed by atoms with Gasteiger partial charge in [-0.25, -0.2) is 4.79 Å². The Morgan fingerprint density at radius 1 is 1.19 bits per heavy atom. The number of H-pyrrole nitrogens is 1. The summed E-state index contributed by atoms with van der Waals surface area (Å²) in [5.74, 6) is -0.500. The molecule has 0 saturated carbocycles. The average molecular weight is 440 g/mol. The van der Waals surface area contributed by atoms with Crippen molar-refractivity contribution in [2.24, 2.45) is 5.92 Å². The number of piperidine rings is 1. The third-order valence-corrected chi connectivity index (χ3v) is 6.12. The maximum Gasteiger partial charge on any atom is 0.355 e. The zero-order valence-electron chi connectivity index (χ0n) is 19.2. The van der Waals surface area contributed by atoms with Crippen molar-refractivity contribution >= 4 is 17.8 Å². The molecule has 2 heterocycles. The smallest absolute Gasteiger partial charge is 0.355 e.